The second-order valence-electron chi connectivity index (χ2n) is 7.72. The molecule has 2 aromatic carbocycles. The van der Waals surface area contributed by atoms with Gasteiger partial charge in [-0.25, -0.2) is 4.98 Å². The topological polar surface area (TPSA) is 84.0 Å². The van der Waals surface area contributed by atoms with Crippen molar-refractivity contribution < 1.29 is 19.1 Å². The number of benzene rings is 2. The molecule has 0 bridgehead atoms. The lowest BCUT2D eigenvalue weighted by atomic mass is 10.1. The summed E-state index contributed by atoms with van der Waals surface area (Å²) in [5.74, 6) is 1.02. The van der Waals surface area contributed by atoms with Crippen molar-refractivity contribution in [2.75, 3.05) is 45.7 Å². The van der Waals surface area contributed by atoms with E-state index in [0.29, 0.717) is 16.4 Å². The third-order valence-electron chi connectivity index (χ3n) is 5.40. The van der Waals surface area contributed by atoms with Crippen molar-refractivity contribution >= 4 is 38.5 Å². The van der Waals surface area contributed by atoms with Crippen LogP contribution in [0, 0.1) is 0 Å². The minimum atomic E-state index is -0.704. The average molecular weight is 455 g/mol. The van der Waals surface area contributed by atoms with Gasteiger partial charge in [0.05, 0.1) is 17.3 Å². The summed E-state index contributed by atoms with van der Waals surface area (Å²) in [5.41, 5.74) is 1.38. The zero-order chi connectivity index (χ0) is 22.7. The summed E-state index contributed by atoms with van der Waals surface area (Å²) in [5, 5.41) is 3.28. The molecule has 9 heteroatoms. The number of hydrogen-bond donors (Lipinski definition) is 1. The molecule has 1 saturated heterocycles. The molecule has 4 rings (SSSR count). The SMILES string of the molecule is COc1ccc(OC(C)C(=O)Nc2nc3ccc(C(=O)N4CCN(C)CC4)cc3s2)cc1. The van der Waals surface area contributed by atoms with Crippen molar-refractivity contribution in [3.8, 4) is 11.5 Å². The maximum atomic E-state index is 12.8. The third kappa shape index (κ3) is 5.00. The first-order valence-corrected chi connectivity index (χ1v) is 11.2. The normalized spacial score (nSPS) is 15.4. The summed E-state index contributed by atoms with van der Waals surface area (Å²) in [7, 11) is 3.65. The Morgan fingerprint density at radius 2 is 1.75 bits per heavy atom. The molecule has 168 valence electrons. The van der Waals surface area contributed by atoms with Crippen molar-refractivity contribution in [1.29, 1.82) is 0 Å². The van der Waals surface area contributed by atoms with Gasteiger partial charge < -0.3 is 19.3 Å². The summed E-state index contributed by atoms with van der Waals surface area (Å²) < 4.78 is 11.7. The van der Waals surface area contributed by atoms with Crippen molar-refractivity contribution in [1.82, 2.24) is 14.8 Å². The van der Waals surface area contributed by atoms with E-state index in [0.717, 1.165) is 42.1 Å². The van der Waals surface area contributed by atoms with Crippen LogP contribution in [0.15, 0.2) is 42.5 Å². The Labute approximate surface area is 190 Å². The predicted molar refractivity (Wildman–Crippen MR) is 125 cm³/mol. The van der Waals surface area contributed by atoms with Gasteiger partial charge in [-0.1, -0.05) is 11.3 Å². The van der Waals surface area contributed by atoms with Gasteiger partial charge in [-0.3, -0.25) is 14.9 Å². The van der Waals surface area contributed by atoms with E-state index in [2.05, 4.69) is 22.2 Å². The van der Waals surface area contributed by atoms with Crippen molar-refractivity contribution in [2.45, 2.75) is 13.0 Å². The Hall–Kier alpha value is -3.17. The highest BCUT2D eigenvalue weighted by Gasteiger charge is 2.21. The number of amides is 2. The maximum Gasteiger partial charge on any atom is 0.266 e. The number of ether oxygens (including phenoxy) is 2. The van der Waals surface area contributed by atoms with Crippen molar-refractivity contribution in [3.63, 3.8) is 0 Å². The highest BCUT2D eigenvalue weighted by molar-refractivity contribution is 7.22. The number of aromatic nitrogens is 1. The first kappa shape index (κ1) is 22.0. The zero-order valence-electron chi connectivity index (χ0n) is 18.3. The van der Waals surface area contributed by atoms with Crippen LogP contribution in [0.4, 0.5) is 5.13 Å². The molecular weight excluding hydrogens is 428 g/mol. The fourth-order valence-electron chi connectivity index (χ4n) is 3.42. The van der Waals surface area contributed by atoms with Gasteiger partial charge in [0, 0.05) is 31.7 Å². The van der Waals surface area contributed by atoms with Crippen LogP contribution in [0.5, 0.6) is 11.5 Å². The number of rotatable bonds is 6. The van der Waals surface area contributed by atoms with Gasteiger partial charge in [-0.15, -0.1) is 0 Å². The number of carbonyl (C=O) groups is 2. The molecular formula is C23H26N4O4S. The Morgan fingerprint density at radius 1 is 1.06 bits per heavy atom. The number of piperazine rings is 1. The molecule has 1 aliphatic heterocycles. The molecule has 1 aliphatic rings. The monoisotopic (exact) mass is 454 g/mol. The van der Waals surface area contributed by atoms with Gasteiger partial charge in [0.25, 0.3) is 11.8 Å². The summed E-state index contributed by atoms with van der Waals surface area (Å²) >= 11 is 1.34. The van der Waals surface area contributed by atoms with E-state index < -0.39 is 6.10 Å². The van der Waals surface area contributed by atoms with Crippen LogP contribution >= 0.6 is 11.3 Å². The number of carbonyl (C=O) groups excluding carboxylic acids is 2. The Bertz CT molecular complexity index is 1110. The van der Waals surface area contributed by atoms with Gasteiger partial charge in [0.2, 0.25) is 0 Å². The van der Waals surface area contributed by atoms with E-state index in [-0.39, 0.29) is 11.8 Å². The van der Waals surface area contributed by atoms with Crippen molar-refractivity contribution in [3.05, 3.63) is 48.0 Å². The quantitative estimate of drug-likeness (QED) is 0.616. The lowest BCUT2D eigenvalue weighted by Gasteiger charge is -2.32. The van der Waals surface area contributed by atoms with E-state index in [1.165, 1.54) is 11.3 Å². The maximum absolute atomic E-state index is 12.8. The second kappa shape index (κ2) is 9.54. The number of nitrogens with zero attached hydrogens (tertiary/aromatic N) is 3. The molecule has 0 saturated carbocycles. The molecule has 0 spiro atoms. The summed E-state index contributed by atoms with van der Waals surface area (Å²) in [6, 6.07) is 12.5. The molecule has 3 aromatic rings. The first-order valence-electron chi connectivity index (χ1n) is 10.4. The Kier molecular flexibility index (Phi) is 6.57. The van der Waals surface area contributed by atoms with E-state index >= 15 is 0 Å². The summed E-state index contributed by atoms with van der Waals surface area (Å²) in [6.45, 7) is 4.88. The van der Waals surface area contributed by atoms with Crippen LogP contribution in [0.25, 0.3) is 10.2 Å². The number of anilines is 1. The molecule has 1 atom stereocenters. The lowest BCUT2D eigenvalue weighted by molar-refractivity contribution is -0.122. The third-order valence-corrected chi connectivity index (χ3v) is 6.33. The number of methoxy groups -OCH3 is 1. The highest BCUT2D eigenvalue weighted by atomic mass is 32.1. The van der Waals surface area contributed by atoms with Crippen LogP contribution in [-0.2, 0) is 4.79 Å². The molecule has 32 heavy (non-hydrogen) atoms. The predicted octanol–water partition coefficient (Wildman–Crippen LogP) is 3.10. The lowest BCUT2D eigenvalue weighted by Crippen LogP contribution is -2.47. The number of fused-ring (bicyclic) bond motifs is 1. The molecule has 0 aliphatic carbocycles. The fourth-order valence-corrected chi connectivity index (χ4v) is 4.33. The van der Waals surface area contributed by atoms with Gasteiger partial charge in [-0.2, -0.15) is 0 Å². The standard InChI is InChI=1S/C23H26N4O4S/c1-15(31-18-7-5-17(30-3)6-8-18)21(28)25-23-24-19-9-4-16(14-20(19)32-23)22(29)27-12-10-26(2)11-13-27/h4-9,14-15H,10-13H2,1-3H3,(H,24,25,28). The zero-order valence-corrected chi connectivity index (χ0v) is 19.1. The minimum absolute atomic E-state index is 0.0282. The minimum Gasteiger partial charge on any atom is -0.497 e. The molecule has 1 unspecified atom stereocenters. The van der Waals surface area contributed by atoms with Crippen LogP contribution in [0.1, 0.15) is 17.3 Å². The van der Waals surface area contributed by atoms with Gasteiger partial charge in [0.15, 0.2) is 11.2 Å². The van der Waals surface area contributed by atoms with E-state index in [4.69, 9.17) is 9.47 Å². The number of hydrogen-bond acceptors (Lipinski definition) is 7. The highest BCUT2D eigenvalue weighted by Crippen LogP contribution is 2.28. The van der Waals surface area contributed by atoms with E-state index in [1.807, 2.05) is 17.0 Å². The molecule has 1 aromatic heterocycles. The number of thiazole rings is 1. The Balaban J connectivity index is 1.40. The van der Waals surface area contributed by atoms with Crippen molar-refractivity contribution in [2.24, 2.45) is 0 Å². The second-order valence-corrected chi connectivity index (χ2v) is 8.75. The van der Waals surface area contributed by atoms with E-state index in [9.17, 15) is 9.59 Å². The molecule has 2 amide bonds. The van der Waals surface area contributed by atoms with Gasteiger partial charge in [-0.05, 0) is 56.4 Å². The molecule has 8 nitrogen and oxygen atoms in total. The van der Waals surface area contributed by atoms with Crippen LogP contribution in [-0.4, -0.2) is 73.0 Å². The molecule has 1 fully saturated rings. The first-order chi connectivity index (χ1) is 15.4. The van der Waals surface area contributed by atoms with Crippen LogP contribution in [0.2, 0.25) is 0 Å². The largest absolute Gasteiger partial charge is 0.497 e. The summed E-state index contributed by atoms with van der Waals surface area (Å²) in [4.78, 5) is 34.0. The summed E-state index contributed by atoms with van der Waals surface area (Å²) in [6.07, 6.45) is -0.704. The molecule has 1 N–H and O–H groups in total. The molecule has 2 heterocycles. The van der Waals surface area contributed by atoms with Gasteiger partial charge in [0.1, 0.15) is 11.5 Å². The average Bonchev–Trinajstić information content (AvgIpc) is 3.21. The van der Waals surface area contributed by atoms with Gasteiger partial charge >= 0.3 is 0 Å². The van der Waals surface area contributed by atoms with Crippen LogP contribution < -0.4 is 14.8 Å². The molecule has 0 radical (unpaired) electrons. The smallest absolute Gasteiger partial charge is 0.266 e. The number of likely N-dealkylation sites (N-methyl/N-ethyl adjacent to an activating group) is 1. The fraction of sp³-hybridized carbons (Fsp3) is 0.348. The number of nitrogens with one attached hydrogen (secondary N) is 1. The Morgan fingerprint density at radius 3 is 2.44 bits per heavy atom. The van der Waals surface area contributed by atoms with Crippen LogP contribution in [0.3, 0.4) is 0 Å². The van der Waals surface area contributed by atoms with E-state index in [1.54, 1.807) is 44.4 Å².